The molecule has 0 fully saturated rings. The van der Waals surface area contributed by atoms with Crippen LogP contribution in [0.3, 0.4) is 0 Å². The van der Waals surface area contributed by atoms with Gasteiger partial charge in [-0.15, -0.1) is 0 Å². The molecule has 0 spiro atoms. The lowest BCUT2D eigenvalue weighted by Gasteiger charge is -2.15. The predicted molar refractivity (Wildman–Crippen MR) is 105 cm³/mol. The lowest BCUT2D eigenvalue weighted by molar-refractivity contribution is -0.121. The van der Waals surface area contributed by atoms with Crippen molar-refractivity contribution in [2.24, 2.45) is 5.73 Å². The van der Waals surface area contributed by atoms with Gasteiger partial charge in [0, 0.05) is 19.5 Å². The summed E-state index contributed by atoms with van der Waals surface area (Å²) in [5.41, 5.74) is 5.48. The Morgan fingerprint density at radius 2 is 1.38 bits per heavy atom. The zero-order chi connectivity index (χ0) is 17.9. The molecule has 0 aromatic carbocycles. The minimum atomic E-state index is 0.182. The first kappa shape index (κ1) is 23.4. The standard InChI is InChI=1S/C20H43N3O/c1-3-4-5-6-7-8-9-10-11-12-13-17-22-20(24)15-19-23(2)18-14-16-21/h3-19,21H2,1-2H3,(H,22,24). The Labute approximate surface area is 150 Å². The first-order valence-electron chi connectivity index (χ1n) is 10.4. The summed E-state index contributed by atoms with van der Waals surface area (Å²) in [5, 5.41) is 3.03. The molecule has 0 unspecified atom stereocenters. The second kappa shape index (κ2) is 18.7. The number of nitrogens with one attached hydrogen (secondary N) is 1. The van der Waals surface area contributed by atoms with Crippen molar-refractivity contribution >= 4 is 5.91 Å². The molecule has 0 aromatic rings. The Hall–Kier alpha value is -0.610. The molecule has 0 aromatic heterocycles. The van der Waals surface area contributed by atoms with Gasteiger partial charge in [-0.2, -0.15) is 0 Å². The number of nitrogens with two attached hydrogens (primary N) is 1. The SMILES string of the molecule is CCCCCCCCCCCCCNC(=O)CCN(C)CCCN. The summed E-state index contributed by atoms with van der Waals surface area (Å²) >= 11 is 0. The van der Waals surface area contributed by atoms with Gasteiger partial charge in [0.2, 0.25) is 5.91 Å². The highest BCUT2D eigenvalue weighted by molar-refractivity contribution is 5.75. The van der Waals surface area contributed by atoms with Gasteiger partial charge < -0.3 is 16.0 Å². The van der Waals surface area contributed by atoms with Crippen LogP contribution in [0.2, 0.25) is 0 Å². The maximum absolute atomic E-state index is 11.7. The van der Waals surface area contributed by atoms with Crippen LogP contribution in [0.4, 0.5) is 0 Å². The van der Waals surface area contributed by atoms with Crippen molar-refractivity contribution in [1.29, 1.82) is 0 Å². The average molecular weight is 342 g/mol. The number of amides is 1. The molecule has 0 radical (unpaired) electrons. The van der Waals surface area contributed by atoms with Gasteiger partial charge in [0.1, 0.15) is 0 Å². The fraction of sp³-hybridized carbons (Fsp3) is 0.950. The van der Waals surface area contributed by atoms with Crippen molar-refractivity contribution in [3.05, 3.63) is 0 Å². The quantitative estimate of drug-likeness (QED) is 0.369. The fourth-order valence-electron chi connectivity index (χ4n) is 2.87. The van der Waals surface area contributed by atoms with E-state index in [1.54, 1.807) is 0 Å². The van der Waals surface area contributed by atoms with E-state index in [1.807, 2.05) is 7.05 Å². The second-order valence-corrected chi connectivity index (χ2v) is 7.08. The van der Waals surface area contributed by atoms with Crippen LogP contribution in [0.15, 0.2) is 0 Å². The molecule has 0 rings (SSSR count). The van der Waals surface area contributed by atoms with Crippen LogP contribution in [0.1, 0.15) is 90.4 Å². The van der Waals surface area contributed by atoms with E-state index in [2.05, 4.69) is 17.1 Å². The molecule has 0 bridgehead atoms. The van der Waals surface area contributed by atoms with E-state index in [0.717, 1.165) is 39.0 Å². The maximum atomic E-state index is 11.7. The minimum absolute atomic E-state index is 0.182. The third kappa shape index (κ3) is 17.7. The molecule has 4 nitrogen and oxygen atoms in total. The summed E-state index contributed by atoms with van der Waals surface area (Å²) in [6.45, 7) is 5.62. The van der Waals surface area contributed by atoms with Gasteiger partial charge in [-0.3, -0.25) is 4.79 Å². The monoisotopic (exact) mass is 341 g/mol. The van der Waals surface area contributed by atoms with Gasteiger partial charge in [0.05, 0.1) is 0 Å². The first-order chi connectivity index (χ1) is 11.7. The van der Waals surface area contributed by atoms with Crippen molar-refractivity contribution in [2.75, 3.05) is 33.2 Å². The van der Waals surface area contributed by atoms with E-state index in [0.29, 0.717) is 6.42 Å². The molecule has 144 valence electrons. The molecule has 1 amide bonds. The summed E-state index contributed by atoms with van der Waals surface area (Å²) < 4.78 is 0. The third-order valence-corrected chi connectivity index (χ3v) is 4.57. The molecular weight excluding hydrogens is 298 g/mol. The van der Waals surface area contributed by atoms with Crippen LogP contribution < -0.4 is 11.1 Å². The molecule has 0 heterocycles. The summed E-state index contributed by atoms with van der Waals surface area (Å²) in [4.78, 5) is 13.9. The van der Waals surface area contributed by atoms with E-state index >= 15 is 0 Å². The normalized spacial score (nSPS) is 11.2. The van der Waals surface area contributed by atoms with Gasteiger partial charge in [0.15, 0.2) is 0 Å². The summed E-state index contributed by atoms with van der Waals surface area (Å²) in [7, 11) is 2.05. The highest BCUT2D eigenvalue weighted by Crippen LogP contribution is 2.11. The topological polar surface area (TPSA) is 58.4 Å². The smallest absolute Gasteiger partial charge is 0.221 e. The van der Waals surface area contributed by atoms with Crippen LogP contribution in [0, 0.1) is 0 Å². The molecule has 0 atom stereocenters. The molecular formula is C20H43N3O. The number of nitrogens with zero attached hydrogens (tertiary/aromatic N) is 1. The number of carbonyl (C=O) groups is 1. The molecule has 0 aliphatic carbocycles. The predicted octanol–water partition coefficient (Wildman–Crippen LogP) is 4.08. The Balaban J connectivity index is 3.22. The molecule has 0 aliphatic heterocycles. The van der Waals surface area contributed by atoms with Crippen molar-refractivity contribution < 1.29 is 4.79 Å². The lowest BCUT2D eigenvalue weighted by atomic mass is 10.1. The van der Waals surface area contributed by atoms with Crippen molar-refractivity contribution in [1.82, 2.24) is 10.2 Å². The highest BCUT2D eigenvalue weighted by atomic mass is 16.1. The van der Waals surface area contributed by atoms with E-state index in [1.165, 1.54) is 64.2 Å². The Morgan fingerprint density at radius 3 is 1.92 bits per heavy atom. The van der Waals surface area contributed by atoms with Crippen LogP contribution in [-0.2, 0) is 4.79 Å². The molecule has 0 saturated heterocycles. The Kier molecular flexibility index (Phi) is 18.2. The number of rotatable bonds is 18. The maximum Gasteiger partial charge on any atom is 0.221 e. The molecule has 0 saturated carbocycles. The highest BCUT2D eigenvalue weighted by Gasteiger charge is 2.03. The Morgan fingerprint density at radius 1 is 0.833 bits per heavy atom. The number of hydrogen-bond donors (Lipinski definition) is 2. The third-order valence-electron chi connectivity index (χ3n) is 4.57. The van der Waals surface area contributed by atoms with Crippen LogP contribution in [-0.4, -0.2) is 44.0 Å². The van der Waals surface area contributed by atoms with Gasteiger partial charge in [-0.1, -0.05) is 71.1 Å². The van der Waals surface area contributed by atoms with Gasteiger partial charge >= 0.3 is 0 Å². The van der Waals surface area contributed by atoms with Crippen molar-refractivity contribution in [3.8, 4) is 0 Å². The second-order valence-electron chi connectivity index (χ2n) is 7.08. The minimum Gasteiger partial charge on any atom is -0.356 e. The van der Waals surface area contributed by atoms with Gasteiger partial charge in [-0.25, -0.2) is 0 Å². The summed E-state index contributed by atoms with van der Waals surface area (Å²) in [6, 6.07) is 0. The number of carbonyl (C=O) groups excluding carboxylic acids is 1. The Bertz CT molecular complexity index is 272. The van der Waals surface area contributed by atoms with Gasteiger partial charge in [0.25, 0.3) is 0 Å². The van der Waals surface area contributed by atoms with E-state index in [4.69, 9.17) is 5.73 Å². The lowest BCUT2D eigenvalue weighted by Crippen LogP contribution is -2.30. The largest absolute Gasteiger partial charge is 0.356 e. The van der Waals surface area contributed by atoms with Crippen LogP contribution in [0.5, 0.6) is 0 Å². The van der Waals surface area contributed by atoms with Crippen LogP contribution in [0.25, 0.3) is 0 Å². The van der Waals surface area contributed by atoms with E-state index < -0.39 is 0 Å². The average Bonchev–Trinajstić information content (AvgIpc) is 2.59. The zero-order valence-electron chi connectivity index (χ0n) is 16.5. The molecule has 0 aliphatic rings. The van der Waals surface area contributed by atoms with E-state index in [-0.39, 0.29) is 5.91 Å². The van der Waals surface area contributed by atoms with E-state index in [9.17, 15) is 4.79 Å². The first-order valence-corrected chi connectivity index (χ1v) is 10.4. The molecule has 4 heteroatoms. The van der Waals surface area contributed by atoms with Crippen molar-refractivity contribution in [3.63, 3.8) is 0 Å². The summed E-state index contributed by atoms with van der Waals surface area (Å²) in [6.07, 6.45) is 16.4. The van der Waals surface area contributed by atoms with Crippen molar-refractivity contribution in [2.45, 2.75) is 90.4 Å². The summed E-state index contributed by atoms with van der Waals surface area (Å²) in [5.74, 6) is 0.182. The zero-order valence-corrected chi connectivity index (χ0v) is 16.5. The number of unbranched alkanes of at least 4 members (excludes halogenated alkanes) is 10. The fourth-order valence-corrected chi connectivity index (χ4v) is 2.87. The molecule has 24 heavy (non-hydrogen) atoms. The van der Waals surface area contributed by atoms with Gasteiger partial charge in [-0.05, 0) is 33.0 Å². The van der Waals surface area contributed by atoms with Crippen LogP contribution >= 0.6 is 0 Å². The number of hydrogen-bond acceptors (Lipinski definition) is 3. The molecule has 3 N–H and O–H groups in total.